The topological polar surface area (TPSA) is 61.8 Å². The first-order valence-corrected chi connectivity index (χ1v) is 8.35. The Hall–Kier alpha value is -2.56. The molecule has 136 valence electrons. The van der Waals surface area contributed by atoms with Crippen LogP contribution in [-0.4, -0.2) is 32.6 Å². The minimum atomic E-state index is -0.404. The van der Waals surface area contributed by atoms with Gasteiger partial charge in [0.1, 0.15) is 11.5 Å². The molecule has 1 aromatic rings. The Morgan fingerprint density at radius 3 is 2.44 bits per heavy atom. The van der Waals surface area contributed by atoms with Crippen molar-refractivity contribution in [1.29, 1.82) is 0 Å². The number of ketones is 1. The molecule has 0 aliphatic carbocycles. The Labute approximate surface area is 149 Å². The molecule has 0 fully saturated rings. The largest absolute Gasteiger partial charge is 0.497 e. The minimum absolute atomic E-state index is 0.0258. The second kappa shape index (κ2) is 11.1. The van der Waals surface area contributed by atoms with Crippen molar-refractivity contribution in [2.75, 3.05) is 20.8 Å². The molecule has 1 aromatic carbocycles. The molecule has 5 heteroatoms. The van der Waals surface area contributed by atoms with Crippen LogP contribution in [0.15, 0.2) is 36.4 Å². The normalized spacial score (nSPS) is 11.0. The molecule has 5 nitrogen and oxygen atoms in total. The molecule has 0 saturated heterocycles. The number of carbonyl (C=O) groups is 2. The maximum absolute atomic E-state index is 12.6. The van der Waals surface area contributed by atoms with Crippen molar-refractivity contribution in [3.63, 3.8) is 0 Å². The lowest BCUT2D eigenvalue weighted by atomic mass is 9.98. The van der Waals surface area contributed by atoms with E-state index in [1.807, 2.05) is 12.2 Å². The van der Waals surface area contributed by atoms with Crippen LogP contribution in [0.1, 0.15) is 42.6 Å². The van der Waals surface area contributed by atoms with Crippen molar-refractivity contribution >= 4 is 11.8 Å². The van der Waals surface area contributed by atoms with Gasteiger partial charge < -0.3 is 14.2 Å². The van der Waals surface area contributed by atoms with Crippen LogP contribution in [0.3, 0.4) is 0 Å². The smallest absolute Gasteiger partial charge is 0.310 e. The summed E-state index contributed by atoms with van der Waals surface area (Å²) in [4.78, 5) is 24.5. The summed E-state index contributed by atoms with van der Waals surface area (Å²) >= 11 is 0. The molecular formula is C20H26O5. The van der Waals surface area contributed by atoms with Gasteiger partial charge in [-0.1, -0.05) is 31.6 Å². The Balaban J connectivity index is 3.20. The fourth-order valence-electron chi connectivity index (χ4n) is 2.28. The third-order valence-electron chi connectivity index (χ3n) is 3.45. The van der Waals surface area contributed by atoms with E-state index in [1.165, 1.54) is 20.3 Å². The number of allylic oxidation sites excluding steroid dienone is 4. The Kier molecular flexibility index (Phi) is 9.07. The zero-order valence-corrected chi connectivity index (χ0v) is 15.3. The highest BCUT2D eigenvalue weighted by Gasteiger charge is 2.20. The molecule has 0 aliphatic rings. The summed E-state index contributed by atoms with van der Waals surface area (Å²) in [5.41, 5.74) is 0.860. The van der Waals surface area contributed by atoms with Crippen LogP contribution >= 0.6 is 0 Å². The summed E-state index contributed by atoms with van der Waals surface area (Å²) < 4.78 is 15.5. The number of esters is 1. The molecule has 25 heavy (non-hydrogen) atoms. The Morgan fingerprint density at radius 2 is 1.84 bits per heavy atom. The first kappa shape index (κ1) is 20.5. The quantitative estimate of drug-likeness (QED) is 0.278. The average Bonchev–Trinajstić information content (AvgIpc) is 2.60. The van der Waals surface area contributed by atoms with E-state index in [2.05, 4.69) is 6.92 Å². The fourth-order valence-corrected chi connectivity index (χ4v) is 2.28. The van der Waals surface area contributed by atoms with Crippen LogP contribution in [0, 0.1) is 0 Å². The molecule has 0 aliphatic heterocycles. The van der Waals surface area contributed by atoms with Crippen molar-refractivity contribution in [2.45, 2.75) is 33.1 Å². The summed E-state index contributed by atoms with van der Waals surface area (Å²) in [5, 5.41) is 0. The van der Waals surface area contributed by atoms with E-state index in [0.29, 0.717) is 22.6 Å². The van der Waals surface area contributed by atoms with Gasteiger partial charge in [-0.3, -0.25) is 9.59 Å². The van der Waals surface area contributed by atoms with Gasteiger partial charge in [-0.2, -0.15) is 0 Å². The molecule has 0 aromatic heterocycles. The molecule has 0 spiro atoms. The van der Waals surface area contributed by atoms with Crippen LogP contribution in [-0.2, 0) is 16.0 Å². The Morgan fingerprint density at radius 1 is 1.08 bits per heavy atom. The highest BCUT2D eigenvalue weighted by molar-refractivity contribution is 6.08. The van der Waals surface area contributed by atoms with Gasteiger partial charge in [-0.05, 0) is 31.1 Å². The third-order valence-corrected chi connectivity index (χ3v) is 3.45. The van der Waals surface area contributed by atoms with Gasteiger partial charge in [0, 0.05) is 6.07 Å². The van der Waals surface area contributed by atoms with E-state index in [4.69, 9.17) is 14.2 Å². The summed E-state index contributed by atoms with van der Waals surface area (Å²) in [7, 11) is 2.99. The van der Waals surface area contributed by atoms with Crippen LogP contribution < -0.4 is 9.47 Å². The van der Waals surface area contributed by atoms with Gasteiger partial charge in [-0.25, -0.2) is 0 Å². The lowest BCUT2D eigenvalue weighted by molar-refractivity contribution is -0.142. The standard InChI is InChI=1S/C20H26O5/c1-5-7-8-9-10-11-17(21)20-15(13-19(22)25-6-2)12-16(23-3)14-18(20)24-4/h8-12,14H,5-7,13H2,1-4H3/b9-8+,11-10+. The van der Waals surface area contributed by atoms with Crippen molar-refractivity contribution in [1.82, 2.24) is 0 Å². The van der Waals surface area contributed by atoms with E-state index in [1.54, 1.807) is 25.1 Å². The second-order valence-corrected chi connectivity index (χ2v) is 5.29. The third kappa shape index (κ3) is 6.45. The van der Waals surface area contributed by atoms with Crippen LogP contribution in [0.2, 0.25) is 0 Å². The summed E-state index contributed by atoms with van der Waals surface area (Å²) in [5.74, 6) is 0.240. The molecule has 0 N–H and O–H groups in total. The molecule has 0 radical (unpaired) electrons. The molecule has 0 amide bonds. The van der Waals surface area contributed by atoms with Crippen LogP contribution in [0.25, 0.3) is 0 Å². The molecule has 1 rings (SSSR count). The highest BCUT2D eigenvalue weighted by Crippen LogP contribution is 2.30. The zero-order valence-electron chi connectivity index (χ0n) is 15.3. The Bertz CT molecular complexity index is 644. The van der Waals surface area contributed by atoms with Crippen molar-refractivity contribution in [3.8, 4) is 11.5 Å². The van der Waals surface area contributed by atoms with Gasteiger partial charge in [0.2, 0.25) is 0 Å². The number of ether oxygens (including phenoxy) is 3. The van der Waals surface area contributed by atoms with E-state index >= 15 is 0 Å². The minimum Gasteiger partial charge on any atom is -0.497 e. The predicted octanol–water partition coefficient (Wildman–Crippen LogP) is 3.90. The van der Waals surface area contributed by atoms with E-state index in [-0.39, 0.29) is 18.8 Å². The zero-order chi connectivity index (χ0) is 18.7. The number of rotatable bonds is 10. The maximum Gasteiger partial charge on any atom is 0.310 e. The molecular weight excluding hydrogens is 320 g/mol. The van der Waals surface area contributed by atoms with Gasteiger partial charge >= 0.3 is 5.97 Å². The maximum atomic E-state index is 12.6. The van der Waals surface area contributed by atoms with Gasteiger partial charge in [0.25, 0.3) is 0 Å². The van der Waals surface area contributed by atoms with Gasteiger partial charge in [0.15, 0.2) is 5.78 Å². The first-order valence-electron chi connectivity index (χ1n) is 8.35. The fraction of sp³-hybridized carbons (Fsp3) is 0.400. The summed E-state index contributed by atoms with van der Waals surface area (Å²) in [6, 6.07) is 3.29. The number of carbonyl (C=O) groups excluding carboxylic acids is 2. The second-order valence-electron chi connectivity index (χ2n) is 5.29. The molecule has 0 bridgehead atoms. The highest BCUT2D eigenvalue weighted by atomic mass is 16.5. The van der Waals surface area contributed by atoms with Crippen LogP contribution in [0.4, 0.5) is 0 Å². The molecule has 0 heterocycles. The van der Waals surface area contributed by atoms with Gasteiger partial charge in [0.05, 0.1) is 32.8 Å². The molecule has 0 atom stereocenters. The predicted molar refractivity (Wildman–Crippen MR) is 97.4 cm³/mol. The average molecular weight is 346 g/mol. The van der Waals surface area contributed by atoms with E-state index in [0.717, 1.165) is 12.8 Å². The number of benzene rings is 1. The monoisotopic (exact) mass is 346 g/mol. The van der Waals surface area contributed by atoms with Crippen LogP contribution in [0.5, 0.6) is 11.5 Å². The van der Waals surface area contributed by atoms with Crippen molar-refractivity contribution < 1.29 is 23.8 Å². The van der Waals surface area contributed by atoms with Crippen molar-refractivity contribution in [3.05, 3.63) is 47.6 Å². The SMILES string of the molecule is CCC/C=C/C=C/C(=O)c1c(CC(=O)OCC)cc(OC)cc1OC. The summed E-state index contributed by atoms with van der Waals surface area (Å²) in [6.45, 7) is 4.11. The lowest BCUT2D eigenvalue weighted by Crippen LogP contribution is -2.12. The van der Waals surface area contributed by atoms with E-state index < -0.39 is 5.97 Å². The van der Waals surface area contributed by atoms with Gasteiger partial charge in [-0.15, -0.1) is 0 Å². The number of unbranched alkanes of at least 4 members (excludes halogenated alkanes) is 1. The number of hydrogen-bond donors (Lipinski definition) is 0. The summed E-state index contributed by atoms with van der Waals surface area (Å²) in [6.07, 6.45) is 8.96. The lowest BCUT2D eigenvalue weighted by Gasteiger charge is -2.14. The number of hydrogen-bond acceptors (Lipinski definition) is 5. The van der Waals surface area contributed by atoms with E-state index in [9.17, 15) is 9.59 Å². The van der Waals surface area contributed by atoms with Crippen molar-refractivity contribution in [2.24, 2.45) is 0 Å². The first-order chi connectivity index (χ1) is 12.1. The number of methoxy groups -OCH3 is 2. The molecule has 0 saturated carbocycles. The molecule has 0 unspecified atom stereocenters.